The first kappa shape index (κ1) is 20.6. The van der Waals surface area contributed by atoms with E-state index in [1.165, 1.54) is 29.5 Å². The van der Waals surface area contributed by atoms with Crippen LogP contribution >= 0.6 is 0 Å². The number of allylic oxidation sites excluding steroid dienone is 1. The number of hydrogen-bond donors (Lipinski definition) is 0. The van der Waals surface area contributed by atoms with Crippen molar-refractivity contribution in [3.8, 4) is 36.2 Å². The Morgan fingerprint density at radius 2 is 1.41 bits per heavy atom. The van der Waals surface area contributed by atoms with Crippen LogP contribution in [0.3, 0.4) is 0 Å². The second-order valence-corrected chi connectivity index (χ2v) is 7.56. The highest BCUT2D eigenvalue weighted by atomic mass is 16.5. The van der Waals surface area contributed by atoms with E-state index >= 15 is 0 Å². The standard InChI is InChI=1S/C27H28O2/c1-5-18-28-25-12-8-23(9-13-25)27(17-16-22(7-3)20-21(27)4)24-10-14-26(15-11-24)29-19-6-2/h1-2,8-15,22H,4,7,16-20H2,3H3. The number of ether oxygens (including phenoxy) is 2. The third-order valence-electron chi connectivity index (χ3n) is 5.98. The average Bonchev–Trinajstić information content (AvgIpc) is 2.77. The van der Waals surface area contributed by atoms with E-state index < -0.39 is 0 Å². The molecule has 0 N–H and O–H groups in total. The van der Waals surface area contributed by atoms with Crippen molar-refractivity contribution in [2.75, 3.05) is 13.2 Å². The van der Waals surface area contributed by atoms with Gasteiger partial charge in [0.2, 0.25) is 0 Å². The second-order valence-electron chi connectivity index (χ2n) is 7.56. The highest BCUT2D eigenvalue weighted by molar-refractivity contribution is 5.51. The van der Waals surface area contributed by atoms with Crippen LogP contribution in [0.4, 0.5) is 0 Å². The normalized spacial score (nSPS) is 17.8. The zero-order valence-electron chi connectivity index (χ0n) is 17.1. The third-order valence-corrected chi connectivity index (χ3v) is 5.98. The molecule has 0 saturated heterocycles. The molecule has 2 nitrogen and oxygen atoms in total. The number of benzene rings is 2. The van der Waals surface area contributed by atoms with Crippen LogP contribution in [0.25, 0.3) is 0 Å². The van der Waals surface area contributed by atoms with Gasteiger partial charge in [0.05, 0.1) is 0 Å². The summed E-state index contributed by atoms with van der Waals surface area (Å²) in [5.74, 6) is 7.28. The van der Waals surface area contributed by atoms with E-state index in [2.05, 4.69) is 49.6 Å². The molecule has 0 heterocycles. The van der Waals surface area contributed by atoms with Crippen LogP contribution in [-0.4, -0.2) is 13.2 Å². The zero-order valence-corrected chi connectivity index (χ0v) is 17.1. The van der Waals surface area contributed by atoms with Gasteiger partial charge in [-0.2, -0.15) is 0 Å². The van der Waals surface area contributed by atoms with Gasteiger partial charge >= 0.3 is 0 Å². The van der Waals surface area contributed by atoms with Gasteiger partial charge in [-0.3, -0.25) is 0 Å². The summed E-state index contributed by atoms with van der Waals surface area (Å²) >= 11 is 0. The molecule has 0 aromatic heterocycles. The van der Waals surface area contributed by atoms with Crippen LogP contribution in [-0.2, 0) is 5.41 Å². The Kier molecular flexibility index (Phi) is 6.69. The minimum absolute atomic E-state index is 0.207. The minimum Gasteiger partial charge on any atom is -0.481 e. The molecule has 0 radical (unpaired) electrons. The van der Waals surface area contributed by atoms with Gasteiger partial charge in [-0.1, -0.05) is 61.6 Å². The highest BCUT2D eigenvalue weighted by Gasteiger charge is 2.41. The molecular weight excluding hydrogens is 356 g/mol. The summed E-state index contributed by atoms with van der Waals surface area (Å²) in [5, 5.41) is 0. The molecule has 0 spiro atoms. The van der Waals surface area contributed by atoms with Gasteiger partial charge in [-0.15, -0.1) is 12.8 Å². The minimum atomic E-state index is -0.207. The van der Waals surface area contributed by atoms with Gasteiger partial charge < -0.3 is 9.47 Å². The summed E-state index contributed by atoms with van der Waals surface area (Å²) in [5.41, 5.74) is 3.54. The van der Waals surface area contributed by atoms with Crippen LogP contribution in [0.2, 0.25) is 0 Å². The van der Waals surface area contributed by atoms with Crippen molar-refractivity contribution in [2.24, 2.45) is 5.92 Å². The Bertz CT molecular complexity index is 845. The fourth-order valence-electron chi connectivity index (χ4n) is 4.36. The Hall–Kier alpha value is -3.10. The number of terminal acetylenes is 2. The van der Waals surface area contributed by atoms with Crippen molar-refractivity contribution in [1.29, 1.82) is 0 Å². The van der Waals surface area contributed by atoms with Crippen molar-refractivity contribution in [3.05, 3.63) is 71.8 Å². The van der Waals surface area contributed by atoms with Gasteiger partial charge in [0.1, 0.15) is 24.7 Å². The molecule has 1 fully saturated rings. The first-order chi connectivity index (χ1) is 14.1. The monoisotopic (exact) mass is 384 g/mol. The maximum absolute atomic E-state index is 5.56. The summed E-state index contributed by atoms with van der Waals surface area (Å²) in [6.07, 6.45) is 15.1. The lowest BCUT2D eigenvalue weighted by atomic mass is 9.60. The van der Waals surface area contributed by atoms with E-state index in [0.717, 1.165) is 24.3 Å². The molecule has 2 aromatic carbocycles. The Balaban J connectivity index is 1.98. The molecule has 148 valence electrons. The Morgan fingerprint density at radius 1 is 0.931 bits per heavy atom. The predicted octanol–water partition coefficient (Wildman–Crippen LogP) is 5.76. The Labute approximate surface area is 174 Å². The van der Waals surface area contributed by atoms with Crippen molar-refractivity contribution >= 4 is 0 Å². The average molecular weight is 385 g/mol. The van der Waals surface area contributed by atoms with Crippen molar-refractivity contribution in [2.45, 2.75) is 38.0 Å². The molecule has 29 heavy (non-hydrogen) atoms. The van der Waals surface area contributed by atoms with Crippen molar-refractivity contribution < 1.29 is 9.47 Å². The summed E-state index contributed by atoms with van der Waals surface area (Å²) < 4.78 is 11.1. The number of rotatable bonds is 7. The molecule has 0 bridgehead atoms. The van der Waals surface area contributed by atoms with Gasteiger partial charge in [-0.05, 0) is 60.6 Å². The van der Waals surface area contributed by atoms with E-state index in [1.54, 1.807) is 0 Å². The van der Waals surface area contributed by atoms with Crippen molar-refractivity contribution in [1.82, 2.24) is 0 Å². The first-order valence-electron chi connectivity index (χ1n) is 10.2. The largest absolute Gasteiger partial charge is 0.481 e. The molecule has 1 aliphatic rings. The number of hydrogen-bond acceptors (Lipinski definition) is 2. The molecule has 0 amide bonds. The van der Waals surface area contributed by atoms with Gasteiger partial charge in [0, 0.05) is 5.41 Å². The topological polar surface area (TPSA) is 18.5 Å². The molecule has 2 heteroatoms. The SMILES string of the molecule is C#CCOc1ccc(C2(c3ccc(OCC#C)cc3)CCC(CC)CC2=C)cc1. The maximum atomic E-state index is 5.56. The van der Waals surface area contributed by atoms with Gasteiger partial charge in [-0.25, -0.2) is 0 Å². The van der Waals surface area contributed by atoms with Crippen LogP contribution in [0.1, 0.15) is 43.7 Å². The van der Waals surface area contributed by atoms with E-state index in [0.29, 0.717) is 5.92 Å². The Morgan fingerprint density at radius 3 is 1.79 bits per heavy atom. The fourth-order valence-corrected chi connectivity index (χ4v) is 4.36. The fraction of sp³-hybridized carbons (Fsp3) is 0.333. The highest BCUT2D eigenvalue weighted by Crippen LogP contribution is 2.50. The van der Waals surface area contributed by atoms with Crippen LogP contribution in [0.5, 0.6) is 11.5 Å². The lowest BCUT2D eigenvalue weighted by molar-refractivity contribution is 0.333. The maximum Gasteiger partial charge on any atom is 0.148 e. The first-order valence-corrected chi connectivity index (χ1v) is 10.2. The van der Waals surface area contributed by atoms with Crippen molar-refractivity contribution in [3.63, 3.8) is 0 Å². The third kappa shape index (κ3) is 4.33. The van der Waals surface area contributed by atoms with Crippen LogP contribution in [0, 0.1) is 30.6 Å². The van der Waals surface area contributed by atoms with E-state index in [4.69, 9.17) is 22.3 Å². The lowest BCUT2D eigenvalue weighted by Gasteiger charge is -2.43. The van der Waals surface area contributed by atoms with E-state index in [1.807, 2.05) is 24.3 Å². The molecule has 1 atom stereocenters. The molecule has 3 rings (SSSR count). The summed E-state index contributed by atoms with van der Waals surface area (Å²) in [6, 6.07) is 16.6. The molecular formula is C27H28O2. The van der Waals surface area contributed by atoms with E-state index in [-0.39, 0.29) is 18.6 Å². The van der Waals surface area contributed by atoms with E-state index in [9.17, 15) is 0 Å². The van der Waals surface area contributed by atoms with Gasteiger partial charge in [0.25, 0.3) is 0 Å². The molecule has 2 aromatic rings. The summed E-state index contributed by atoms with van der Waals surface area (Å²) in [4.78, 5) is 0. The second kappa shape index (κ2) is 9.40. The van der Waals surface area contributed by atoms with Gasteiger partial charge in [0.15, 0.2) is 0 Å². The van der Waals surface area contributed by atoms with Crippen LogP contribution < -0.4 is 9.47 Å². The molecule has 1 saturated carbocycles. The summed E-state index contributed by atoms with van der Waals surface area (Å²) in [6.45, 7) is 7.36. The zero-order chi connectivity index (χ0) is 20.7. The molecule has 1 unspecified atom stereocenters. The quantitative estimate of drug-likeness (QED) is 0.446. The lowest BCUT2D eigenvalue weighted by Crippen LogP contribution is -2.35. The summed E-state index contributed by atoms with van der Waals surface area (Å²) in [7, 11) is 0. The predicted molar refractivity (Wildman–Crippen MR) is 119 cm³/mol. The molecule has 0 aliphatic heterocycles. The van der Waals surface area contributed by atoms with Crippen LogP contribution in [0.15, 0.2) is 60.7 Å². The smallest absolute Gasteiger partial charge is 0.148 e. The molecule has 1 aliphatic carbocycles.